The highest BCUT2D eigenvalue weighted by molar-refractivity contribution is 6.34. The van der Waals surface area contributed by atoms with Crippen molar-refractivity contribution in [1.29, 1.82) is 0 Å². The van der Waals surface area contributed by atoms with E-state index in [1.807, 2.05) is 0 Å². The summed E-state index contributed by atoms with van der Waals surface area (Å²) in [5, 5.41) is 1.40. The van der Waals surface area contributed by atoms with Gasteiger partial charge in [-0.2, -0.15) is 0 Å². The molecule has 3 rings (SSSR count). The van der Waals surface area contributed by atoms with Crippen LogP contribution in [0.25, 0.3) is 0 Å². The molecule has 2 aromatic carbocycles. The van der Waals surface area contributed by atoms with Crippen molar-refractivity contribution in [2.45, 2.75) is 0 Å². The molecule has 0 unspecified atom stereocenters. The lowest BCUT2D eigenvalue weighted by molar-refractivity contribution is -0.114. The highest BCUT2D eigenvalue weighted by atomic mass is 35.5. The molecule has 5 heteroatoms. The number of hydrogen-bond donors (Lipinski definition) is 0. The van der Waals surface area contributed by atoms with E-state index < -0.39 is 5.91 Å². The van der Waals surface area contributed by atoms with Gasteiger partial charge in [0.1, 0.15) is 5.70 Å². The van der Waals surface area contributed by atoms with E-state index in [1.165, 1.54) is 6.08 Å². The van der Waals surface area contributed by atoms with E-state index in [2.05, 4.69) is 9.98 Å². The normalized spacial score (nSPS) is 15.1. The summed E-state index contributed by atoms with van der Waals surface area (Å²) in [7, 11) is 0. The SMILES string of the molecule is O=C1N=c2ccccc2=N/C1=C/C(=O)c1ccccc1Cl. The minimum absolute atomic E-state index is 0.0126. The third kappa shape index (κ3) is 2.66. The standard InChI is InChI=1S/C16H9ClN2O2/c17-11-6-2-1-5-10(11)15(20)9-14-16(21)19-13-8-4-3-7-12(13)18-14/h1-9H/b14-9+. The van der Waals surface area contributed by atoms with Crippen molar-refractivity contribution < 1.29 is 9.59 Å². The number of fused-ring (bicyclic) bond motifs is 1. The van der Waals surface area contributed by atoms with Gasteiger partial charge in [0.05, 0.1) is 15.7 Å². The van der Waals surface area contributed by atoms with Gasteiger partial charge in [0.15, 0.2) is 5.78 Å². The van der Waals surface area contributed by atoms with Crippen molar-refractivity contribution in [2.24, 2.45) is 9.98 Å². The molecule has 0 atom stereocenters. The summed E-state index contributed by atoms with van der Waals surface area (Å²) in [4.78, 5) is 32.2. The lowest BCUT2D eigenvalue weighted by Gasteiger charge is -2.03. The van der Waals surface area contributed by atoms with E-state index in [1.54, 1.807) is 48.5 Å². The predicted molar refractivity (Wildman–Crippen MR) is 77.6 cm³/mol. The van der Waals surface area contributed by atoms with Gasteiger partial charge in [-0.25, -0.2) is 9.98 Å². The van der Waals surface area contributed by atoms with Gasteiger partial charge in [-0.3, -0.25) is 9.59 Å². The van der Waals surface area contributed by atoms with Crippen LogP contribution in [0, 0.1) is 0 Å². The number of benzene rings is 2. The van der Waals surface area contributed by atoms with Crippen LogP contribution in [0.15, 0.2) is 70.3 Å². The fourth-order valence-corrected chi connectivity index (χ4v) is 2.18. The summed E-state index contributed by atoms with van der Waals surface area (Å²) in [5.74, 6) is -0.906. The fourth-order valence-electron chi connectivity index (χ4n) is 1.95. The third-order valence-electron chi connectivity index (χ3n) is 2.97. The average molecular weight is 297 g/mol. The van der Waals surface area contributed by atoms with Gasteiger partial charge in [-0.05, 0) is 24.3 Å². The molecule has 0 spiro atoms. The average Bonchev–Trinajstić information content (AvgIpc) is 2.48. The Labute approximate surface area is 125 Å². The number of carbonyl (C=O) groups is 2. The summed E-state index contributed by atoms with van der Waals surface area (Å²) in [6.07, 6.45) is 1.17. The summed E-state index contributed by atoms with van der Waals surface area (Å²) in [6, 6.07) is 13.6. The smallest absolute Gasteiger partial charge is 0.289 e. The Morgan fingerprint density at radius 1 is 0.952 bits per heavy atom. The zero-order valence-electron chi connectivity index (χ0n) is 10.8. The molecular weight excluding hydrogens is 288 g/mol. The number of amides is 1. The summed E-state index contributed by atoms with van der Waals surface area (Å²) in [6.45, 7) is 0. The second-order valence-corrected chi connectivity index (χ2v) is 4.80. The molecule has 102 valence electrons. The van der Waals surface area contributed by atoms with E-state index in [9.17, 15) is 9.59 Å². The Morgan fingerprint density at radius 2 is 1.57 bits per heavy atom. The van der Waals surface area contributed by atoms with Crippen LogP contribution in [0.5, 0.6) is 0 Å². The molecule has 1 aliphatic heterocycles. The van der Waals surface area contributed by atoms with Crippen LogP contribution in [-0.4, -0.2) is 11.7 Å². The van der Waals surface area contributed by atoms with E-state index >= 15 is 0 Å². The molecule has 0 aromatic heterocycles. The fraction of sp³-hybridized carbons (Fsp3) is 0. The zero-order chi connectivity index (χ0) is 14.8. The number of halogens is 1. The molecule has 0 aliphatic carbocycles. The van der Waals surface area contributed by atoms with Crippen molar-refractivity contribution >= 4 is 23.3 Å². The van der Waals surface area contributed by atoms with Crippen LogP contribution in [0.2, 0.25) is 5.02 Å². The summed E-state index contributed by atoms with van der Waals surface area (Å²) in [5.41, 5.74) is 0.340. The van der Waals surface area contributed by atoms with Crippen molar-refractivity contribution in [3.63, 3.8) is 0 Å². The van der Waals surface area contributed by atoms with E-state index in [-0.39, 0.29) is 11.5 Å². The van der Waals surface area contributed by atoms with Crippen LogP contribution in [-0.2, 0) is 4.79 Å². The maximum atomic E-state index is 12.2. The topological polar surface area (TPSA) is 58.9 Å². The number of allylic oxidation sites excluding steroid dienone is 1. The van der Waals surface area contributed by atoms with E-state index in [0.29, 0.717) is 21.3 Å². The summed E-state index contributed by atoms with van der Waals surface area (Å²) >= 11 is 5.97. The lowest BCUT2D eigenvalue weighted by Crippen LogP contribution is -2.30. The molecule has 0 fully saturated rings. The van der Waals surface area contributed by atoms with Gasteiger partial charge in [-0.1, -0.05) is 35.9 Å². The second kappa shape index (κ2) is 5.42. The number of hydrogen-bond acceptors (Lipinski definition) is 3. The van der Waals surface area contributed by atoms with Crippen LogP contribution in [0.3, 0.4) is 0 Å². The van der Waals surface area contributed by atoms with Gasteiger partial charge >= 0.3 is 0 Å². The first-order chi connectivity index (χ1) is 10.1. The lowest BCUT2D eigenvalue weighted by atomic mass is 10.1. The molecule has 0 saturated carbocycles. The number of rotatable bonds is 2. The Morgan fingerprint density at radius 3 is 2.29 bits per heavy atom. The number of para-hydroxylation sites is 2. The Bertz CT molecular complexity index is 900. The maximum Gasteiger partial charge on any atom is 0.296 e. The van der Waals surface area contributed by atoms with Crippen LogP contribution < -0.4 is 10.7 Å². The largest absolute Gasteiger partial charge is 0.296 e. The first-order valence-electron chi connectivity index (χ1n) is 6.22. The van der Waals surface area contributed by atoms with Crippen LogP contribution in [0.4, 0.5) is 0 Å². The van der Waals surface area contributed by atoms with Gasteiger partial charge < -0.3 is 0 Å². The molecule has 0 N–H and O–H groups in total. The third-order valence-corrected chi connectivity index (χ3v) is 3.30. The van der Waals surface area contributed by atoms with Crippen molar-refractivity contribution in [1.82, 2.24) is 0 Å². The summed E-state index contributed by atoms with van der Waals surface area (Å²) < 4.78 is 0. The first kappa shape index (κ1) is 13.4. The molecule has 2 aromatic rings. The zero-order valence-corrected chi connectivity index (χ0v) is 11.5. The molecule has 1 amide bonds. The van der Waals surface area contributed by atoms with Crippen LogP contribution >= 0.6 is 11.6 Å². The van der Waals surface area contributed by atoms with Crippen LogP contribution in [0.1, 0.15) is 10.4 Å². The highest BCUT2D eigenvalue weighted by Crippen LogP contribution is 2.17. The van der Waals surface area contributed by atoms with Gasteiger partial charge in [0.2, 0.25) is 0 Å². The molecule has 1 aliphatic rings. The Kier molecular flexibility index (Phi) is 3.46. The van der Waals surface area contributed by atoms with Gasteiger partial charge in [-0.15, -0.1) is 0 Å². The Balaban J connectivity index is 2.05. The molecule has 4 nitrogen and oxygen atoms in total. The minimum Gasteiger partial charge on any atom is -0.289 e. The number of ketones is 1. The Hall–Kier alpha value is -2.59. The van der Waals surface area contributed by atoms with Gasteiger partial charge in [0, 0.05) is 11.6 Å². The van der Waals surface area contributed by atoms with E-state index in [4.69, 9.17) is 11.6 Å². The maximum absolute atomic E-state index is 12.2. The molecule has 1 heterocycles. The number of nitrogens with zero attached hydrogens (tertiary/aromatic N) is 2. The molecule has 0 bridgehead atoms. The van der Waals surface area contributed by atoms with Gasteiger partial charge in [0.25, 0.3) is 5.91 Å². The van der Waals surface area contributed by atoms with E-state index in [0.717, 1.165) is 0 Å². The second-order valence-electron chi connectivity index (χ2n) is 4.39. The highest BCUT2D eigenvalue weighted by Gasteiger charge is 2.15. The number of carbonyl (C=O) groups excluding carboxylic acids is 2. The molecule has 0 radical (unpaired) electrons. The van der Waals surface area contributed by atoms with Crippen molar-refractivity contribution in [3.05, 3.63) is 81.6 Å². The minimum atomic E-state index is -0.533. The molecular formula is C16H9ClN2O2. The quantitative estimate of drug-likeness (QED) is 0.627. The molecule has 21 heavy (non-hydrogen) atoms. The predicted octanol–water partition coefficient (Wildman–Crippen LogP) is 1.89. The monoisotopic (exact) mass is 296 g/mol. The first-order valence-corrected chi connectivity index (χ1v) is 6.60. The molecule has 0 saturated heterocycles. The van der Waals surface area contributed by atoms with Crippen molar-refractivity contribution in [3.8, 4) is 0 Å². The van der Waals surface area contributed by atoms with Crippen molar-refractivity contribution in [2.75, 3.05) is 0 Å².